The molecule has 0 radical (unpaired) electrons. The highest BCUT2D eigenvalue weighted by molar-refractivity contribution is 6.35. The Bertz CT molecular complexity index is 1400. The van der Waals surface area contributed by atoms with Crippen molar-refractivity contribution in [2.75, 3.05) is 18.1 Å². The van der Waals surface area contributed by atoms with Crippen LogP contribution in [0.25, 0.3) is 11.0 Å². The van der Waals surface area contributed by atoms with Crippen molar-refractivity contribution >= 4 is 52.1 Å². The zero-order chi connectivity index (χ0) is 24.5. The number of ether oxygens (including phenoxy) is 1. The molecule has 0 saturated carbocycles. The summed E-state index contributed by atoms with van der Waals surface area (Å²) in [7, 11) is 0. The van der Waals surface area contributed by atoms with Gasteiger partial charge in [-0.05, 0) is 48.7 Å². The highest BCUT2D eigenvalue weighted by Crippen LogP contribution is 2.43. The van der Waals surface area contributed by atoms with Crippen LogP contribution in [0.15, 0.2) is 72.8 Å². The molecule has 8 heteroatoms. The maximum atomic E-state index is 14.0. The number of hydrogen-bond donors (Lipinski definition) is 0. The van der Waals surface area contributed by atoms with Crippen molar-refractivity contribution in [1.82, 2.24) is 9.55 Å². The first-order valence-corrected chi connectivity index (χ1v) is 12.2. The van der Waals surface area contributed by atoms with Gasteiger partial charge in [-0.3, -0.25) is 14.5 Å². The van der Waals surface area contributed by atoms with Gasteiger partial charge in [0.1, 0.15) is 0 Å². The van der Waals surface area contributed by atoms with E-state index >= 15 is 0 Å². The smallest absolute Gasteiger partial charge is 0.321 e. The molecule has 1 aliphatic heterocycles. The van der Waals surface area contributed by atoms with Gasteiger partial charge >= 0.3 is 5.97 Å². The number of benzene rings is 3. The van der Waals surface area contributed by atoms with Crippen molar-refractivity contribution in [3.05, 3.63) is 94.0 Å². The first kappa shape index (κ1) is 23.4. The third-order valence-corrected chi connectivity index (χ3v) is 6.80. The second-order valence-corrected chi connectivity index (χ2v) is 9.18. The Labute approximate surface area is 213 Å². The van der Waals surface area contributed by atoms with E-state index in [0.29, 0.717) is 34.5 Å². The summed E-state index contributed by atoms with van der Waals surface area (Å²) in [6.45, 7) is 2.25. The van der Waals surface area contributed by atoms with E-state index in [2.05, 4.69) is 0 Å². The molecule has 1 aliphatic rings. The van der Waals surface area contributed by atoms with Gasteiger partial charge in [-0.1, -0.05) is 71.7 Å². The maximum Gasteiger partial charge on any atom is 0.321 e. The van der Waals surface area contributed by atoms with Gasteiger partial charge in [0.05, 0.1) is 23.7 Å². The zero-order valence-electron chi connectivity index (χ0n) is 19.0. The number of anilines is 1. The number of para-hydroxylation sites is 2. The van der Waals surface area contributed by atoms with E-state index in [-0.39, 0.29) is 12.5 Å². The Morgan fingerprint density at radius 3 is 2.51 bits per heavy atom. The molecule has 1 amide bonds. The van der Waals surface area contributed by atoms with Crippen LogP contribution in [0.4, 0.5) is 5.95 Å². The van der Waals surface area contributed by atoms with E-state index < -0.39 is 17.9 Å². The average Bonchev–Trinajstić information content (AvgIpc) is 3.23. The highest BCUT2D eigenvalue weighted by Gasteiger charge is 2.48. The minimum Gasteiger partial charge on any atom is -0.465 e. The minimum atomic E-state index is -1.13. The molecule has 0 unspecified atom stereocenters. The van der Waals surface area contributed by atoms with Gasteiger partial charge in [0.25, 0.3) is 0 Å². The molecule has 0 aliphatic carbocycles. The fourth-order valence-electron chi connectivity index (χ4n) is 4.66. The van der Waals surface area contributed by atoms with Gasteiger partial charge in [0.15, 0.2) is 5.92 Å². The van der Waals surface area contributed by atoms with E-state index in [1.807, 2.05) is 59.2 Å². The zero-order valence-corrected chi connectivity index (χ0v) is 20.5. The van der Waals surface area contributed by atoms with Gasteiger partial charge < -0.3 is 9.30 Å². The van der Waals surface area contributed by atoms with E-state index in [9.17, 15) is 9.59 Å². The highest BCUT2D eigenvalue weighted by atomic mass is 35.5. The van der Waals surface area contributed by atoms with Crippen molar-refractivity contribution in [2.24, 2.45) is 5.92 Å². The Hall–Kier alpha value is -3.35. The number of nitrogens with zero attached hydrogens (tertiary/aromatic N) is 3. The summed E-state index contributed by atoms with van der Waals surface area (Å²) in [5.41, 5.74) is 3.21. The molecule has 1 aromatic heterocycles. The molecule has 0 fully saturated rings. The monoisotopic (exact) mass is 507 g/mol. The number of aromatic nitrogens is 2. The van der Waals surface area contributed by atoms with Gasteiger partial charge in [-0.15, -0.1) is 0 Å². The number of carbonyl (C=O) groups is 2. The Balaban J connectivity index is 1.70. The van der Waals surface area contributed by atoms with E-state index in [4.69, 9.17) is 32.9 Å². The molecule has 2 heterocycles. The first-order chi connectivity index (χ1) is 17.0. The second-order valence-electron chi connectivity index (χ2n) is 8.34. The Morgan fingerprint density at radius 2 is 1.77 bits per heavy atom. The maximum absolute atomic E-state index is 14.0. The van der Waals surface area contributed by atoms with Crippen molar-refractivity contribution in [2.45, 2.75) is 19.4 Å². The van der Waals surface area contributed by atoms with E-state index in [1.165, 1.54) is 0 Å². The molecule has 3 aromatic carbocycles. The van der Waals surface area contributed by atoms with E-state index in [1.54, 1.807) is 30.0 Å². The second kappa shape index (κ2) is 9.72. The molecule has 4 aromatic rings. The van der Waals surface area contributed by atoms with Crippen LogP contribution in [0.5, 0.6) is 0 Å². The summed E-state index contributed by atoms with van der Waals surface area (Å²) in [5.74, 6) is -1.61. The number of esters is 1. The predicted octanol–water partition coefficient (Wildman–Crippen LogP) is 5.70. The number of fused-ring (bicyclic) bond motifs is 3. The number of rotatable bonds is 6. The van der Waals surface area contributed by atoms with Gasteiger partial charge in [0, 0.05) is 16.6 Å². The van der Waals surface area contributed by atoms with Gasteiger partial charge in [-0.25, -0.2) is 4.98 Å². The lowest BCUT2D eigenvalue weighted by Crippen LogP contribution is -2.50. The first-order valence-electron chi connectivity index (χ1n) is 11.4. The average molecular weight is 508 g/mol. The number of hydrogen-bond acceptors (Lipinski definition) is 4. The van der Waals surface area contributed by atoms with Crippen LogP contribution in [-0.2, 0) is 20.7 Å². The van der Waals surface area contributed by atoms with Crippen molar-refractivity contribution in [3.63, 3.8) is 0 Å². The molecule has 6 nitrogen and oxygen atoms in total. The number of carbonyl (C=O) groups excluding carboxylic acids is 2. The molecule has 35 heavy (non-hydrogen) atoms. The number of amides is 1. The van der Waals surface area contributed by atoms with E-state index in [0.717, 1.165) is 16.6 Å². The van der Waals surface area contributed by atoms with Crippen LogP contribution in [0.1, 0.15) is 24.1 Å². The molecular weight excluding hydrogens is 485 g/mol. The minimum absolute atomic E-state index is 0.158. The summed E-state index contributed by atoms with van der Waals surface area (Å²) in [4.78, 5) is 33.7. The molecule has 178 valence electrons. The Morgan fingerprint density at radius 1 is 1.03 bits per heavy atom. The fourth-order valence-corrected chi connectivity index (χ4v) is 5.18. The summed E-state index contributed by atoms with van der Waals surface area (Å²) in [6.07, 6.45) is 0.609. The van der Waals surface area contributed by atoms with Crippen LogP contribution in [0, 0.1) is 5.92 Å². The molecule has 2 atom stereocenters. The lowest BCUT2D eigenvalue weighted by atomic mass is 9.89. The third-order valence-electron chi connectivity index (χ3n) is 6.23. The van der Waals surface area contributed by atoms with Crippen LogP contribution in [0.3, 0.4) is 0 Å². The summed E-state index contributed by atoms with van der Waals surface area (Å²) < 4.78 is 7.32. The normalized spacial score (nSPS) is 17.5. The lowest BCUT2D eigenvalue weighted by molar-refractivity contribution is -0.153. The van der Waals surface area contributed by atoms with Crippen LogP contribution >= 0.6 is 23.2 Å². The molecule has 0 saturated heterocycles. The van der Waals surface area contributed by atoms with Crippen molar-refractivity contribution in [1.29, 1.82) is 0 Å². The summed E-state index contributed by atoms with van der Waals surface area (Å²) in [5, 5.41) is 0.833. The largest absolute Gasteiger partial charge is 0.465 e. The molecule has 0 bridgehead atoms. The van der Waals surface area contributed by atoms with Crippen LogP contribution in [0.2, 0.25) is 10.0 Å². The predicted molar refractivity (Wildman–Crippen MR) is 137 cm³/mol. The SMILES string of the molecule is CCOC(=O)[C@@H]1C(=O)N(CCc2ccccc2)c2nc3ccccc3n2[C@H]1c1ccc(Cl)cc1Cl. The lowest BCUT2D eigenvalue weighted by Gasteiger charge is -2.38. The summed E-state index contributed by atoms with van der Waals surface area (Å²) in [6, 6.07) is 21.9. The fraction of sp³-hybridized carbons (Fsp3) is 0.222. The topological polar surface area (TPSA) is 64.4 Å². The molecular formula is C27H23Cl2N3O3. The third kappa shape index (κ3) is 4.28. The van der Waals surface area contributed by atoms with Crippen molar-refractivity contribution < 1.29 is 14.3 Å². The van der Waals surface area contributed by atoms with Crippen molar-refractivity contribution in [3.8, 4) is 0 Å². The van der Waals surface area contributed by atoms with Crippen LogP contribution < -0.4 is 4.90 Å². The number of halogens is 2. The standard InChI is InChI=1S/C27H23Cl2N3O3/c1-2-35-26(34)23-24(19-13-12-18(28)16-20(19)29)32-22-11-7-6-10-21(22)30-27(32)31(25(23)33)15-14-17-8-4-3-5-9-17/h3-13,16,23-24H,2,14-15H2,1H3/t23-,24-/m0/s1. The molecule has 5 rings (SSSR count). The number of imidazole rings is 1. The van der Waals surface area contributed by atoms with Gasteiger partial charge in [-0.2, -0.15) is 0 Å². The van der Waals surface area contributed by atoms with Gasteiger partial charge in [0.2, 0.25) is 11.9 Å². The molecule has 0 spiro atoms. The Kier molecular flexibility index (Phi) is 6.50. The molecule has 0 N–H and O–H groups in total. The van der Waals surface area contributed by atoms with Crippen LogP contribution in [-0.4, -0.2) is 34.6 Å². The quantitative estimate of drug-likeness (QED) is 0.248. The summed E-state index contributed by atoms with van der Waals surface area (Å²) >= 11 is 12.8.